The van der Waals surface area contributed by atoms with E-state index < -0.39 is 6.43 Å². The molecule has 2 heterocycles. The van der Waals surface area contributed by atoms with Gasteiger partial charge in [-0.1, -0.05) is 0 Å². The molecule has 0 saturated carbocycles. The number of halogens is 2. The third-order valence-electron chi connectivity index (χ3n) is 1.95. The second-order valence-corrected chi connectivity index (χ2v) is 3.00. The Kier molecular flexibility index (Phi) is 2.42. The fraction of sp³-hybridized carbons (Fsp3) is 0.222. The monoisotopic (exact) mass is 226 g/mol. The highest BCUT2D eigenvalue weighted by Gasteiger charge is 2.18. The molecular weight excluding hydrogens is 216 g/mol. The Labute approximate surface area is 91.6 Å². The Morgan fingerprint density at radius 1 is 1.50 bits per heavy atom. The van der Waals surface area contributed by atoms with Crippen LogP contribution >= 0.6 is 0 Å². The SMILES string of the molecule is [2H]c1ccnc(Nc2cnn(C)c2C(F)F)n1. The van der Waals surface area contributed by atoms with E-state index in [9.17, 15) is 8.78 Å². The van der Waals surface area contributed by atoms with Crippen LogP contribution in [-0.4, -0.2) is 19.7 Å². The third-order valence-corrected chi connectivity index (χ3v) is 1.95. The molecule has 5 nitrogen and oxygen atoms in total. The lowest BCUT2D eigenvalue weighted by Gasteiger charge is -2.05. The molecule has 84 valence electrons. The standard InChI is InChI=1S/C9H9F2N5/c1-16-7(8(10)11)6(5-14-16)15-9-12-3-2-4-13-9/h2-5,8H,1H3,(H,12,13,15)/i3D. The number of rotatable bonds is 3. The van der Waals surface area contributed by atoms with Gasteiger partial charge >= 0.3 is 0 Å². The van der Waals surface area contributed by atoms with E-state index >= 15 is 0 Å². The van der Waals surface area contributed by atoms with Crippen LogP contribution in [0.15, 0.2) is 24.6 Å². The number of nitrogens with one attached hydrogen (secondary N) is 1. The van der Waals surface area contributed by atoms with Crippen molar-refractivity contribution in [3.8, 4) is 0 Å². The first kappa shape index (κ1) is 9.20. The molecule has 0 unspecified atom stereocenters. The van der Waals surface area contributed by atoms with E-state index in [0.717, 1.165) is 4.68 Å². The van der Waals surface area contributed by atoms with E-state index in [-0.39, 0.29) is 23.5 Å². The minimum absolute atomic E-state index is 0.00462. The maximum absolute atomic E-state index is 12.7. The molecule has 0 radical (unpaired) electrons. The molecule has 16 heavy (non-hydrogen) atoms. The number of nitrogens with zero attached hydrogens (tertiary/aromatic N) is 4. The van der Waals surface area contributed by atoms with Crippen LogP contribution in [0.1, 0.15) is 13.5 Å². The lowest BCUT2D eigenvalue weighted by atomic mass is 10.4. The van der Waals surface area contributed by atoms with Crippen molar-refractivity contribution in [2.45, 2.75) is 6.43 Å². The summed E-state index contributed by atoms with van der Waals surface area (Å²) in [6.45, 7) is 0. The lowest BCUT2D eigenvalue weighted by Crippen LogP contribution is -2.02. The van der Waals surface area contributed by atoms with Crippen LogP contribution in [0.5, 0.6) is 0 Å². The number of aryl methyl sites for hydroxylation is 1. The number of alkyl halides is 2. The fourth-order valence-electron chi connectivity index (χ4n) is 1.25. The minimum atomic E-state index is -2.65. The zero-order valence-corrected chi connectivity index (χ0v) is 8.35. The van der Waals surface area contributed by atoms with Crippen molar-refractivity contribution in [3.63, 3.8) is 0 Å². The lowest BCUT2D eigenvalue weighted by molar-refractivity contribution is 0.141. The van der Waals surface area contributed by atoms with E-state index in [2.05, 4.69) is 20.4 Å². The average molecular weight is 226 g/mol. The maximum Gasteiger partial charge on any atom is 0.282 e. The van der Waals surface area contributed by atoms with Crippen LogP contribution in [0.3, 0.4) is 0 Å². The summed E-state index contributed by atoms with van der Waals surface area (Å²) < 4.78 is 33.8. The van der Waals surface area contributed by atoms with Gasteiger partial charge in [-0.05, 0) is 6.07 Å². The minimum Gasteiger partial charge on any atom is -0.321 e. The molecule has 0 aliphatic rings. The van der Waals surface area contributed by atoms with Crippen molar-refractivity contribution in [1.82, 2.24) is 19.7 Å². The van der Waals surface area contributed by atoms with E-state index in [1.165, 1.54) is 25.5 Å². The first-order valence-electron chi connectivity index (χ1n) is 4.94. The van der Waals surface area contributed by atoms with Gasteiger partial charge in [0.05, 0.1) is 13.3 Å². The highest BCUT2D eigenvalue weighted by atomic mass is 19.3. The second-order valence-electron chi connectivity index (χ2n) is 3.00. The van der Waals surface area contributed by atoms with E-state index in [1.807, 2.05) is 0 Å². The van der Waals surface area contributed by atoms with Crippen LogP contribution < -0.4 is 5.32 Å². The van der Waals surface area contributed by atoms with Gasteiger partial charge in [-0.25, -0.2) is 18.7 Å². The Morgan fingerprint density at radius 2 is 2.31 bits per heavy atom. The summed E-state index contributed by atoms with van der Waals surface area (Å²) >= 11 is 0. The van der Waals surface area contributed by atoms with E-state index in [1.54, 1.807) is 0 Å². The van der Waals surface area contributed by atoms with Crippen LogP contribution in [0, 0.1) is 0 Å². The van der Waals surface area contributed by atoms with Gasteiger partial charge in [0.25, 0.3) is 6.43 Å². The van der Waals surface area contributed by atoms with Gasteiger partial charge in [-0.15, -0.1) is 0 Å². The van der Waals surface area contributed by atoms with Gasteiger partial charge in [0, 0.05) is 19.4 Å². The van der Waals surface area contributed by atoms with Crippen molar-refractivity contribution in [1.29, 1.82) is 0 Å². The van der Waals surface area contributed by atoms with Crippen LogP contribution in [0.4, 0.5) is 20.4 Å². The molecule has 0 spiro atoms. The molecular formula is C9H9F2N5. The highest BCUT2D eigenvalue weighted by molar-refractivity contribution is 5.55. The topological polar surface area (TPSA) is 55.6 Å². The number of aromatic nitrogens is 4. The average Bonchev–Trinajstić information content (AvgIpc) is 2.59. The number of hydrogen-bond acceptors (Lipinski definition) is 4. The summed E-state index contributed by atoms with van der Waals surface area (Å²) in [6.07, 6.45) is -0.00782. The Hall–Kier alpha value is -2.05. The number of hydrogen-bond donors (Lipinski definition) is 1. The summed E-state index contributed by atoms with van der Waals surface area (Å²) in [5.74, 6) is 0.0902. The molecule has 7 heteroatoms. The molecule has 0 aliphatic heterocycles. The van der Waals surface area contributed by atoms with E-state index in [4.69, 9.17) is 1.37 Å². The second kappa shape index (κ2) is 4.21. The molecule has 2 rings (SSSR count). The maximum atomic E-state index is 12.7. The largest absolute Gasteiger partial charge is 0.321 e. The molecule has 0 atom stereocenters. The first-order valence-corrected chi connectivity index (χ1v) is 4.44. The smallest absolute Gasteiger partial charge is 0.282 e. The van der Waals surface area contributed by atoms with Gasteiger partial charge in [0.2, 0.25) is 5.95 Å². The summed E-state index contributed by atoms with van der Waals surface area (Å²) in [7, 11) is 1.43. The van der Waals surface area contributed by atoms with Crippen molar-refractivity contribution in [3.05, 3.63) is 30.3 Å². The van der Waals surface area contributed by atoms with E-state index in [0.29, 0.717) is 0 Å². The van der Waals surface area contributed by atoms with Gasteiger partial charge in [0.1, 0.15) is 5.69 Å². The summed E-state index contributed by atoms with van der Waals surface area (Å²) in [5, 5.41) is 6.34. The Bertz CT molecular complexity index is 528. The summed E-state index contributed by atoms with van der Waals surface area (Å²) in [6, 6.07) is 1.39. The molecule has 0 amide bonds. The van der Waals surface area contributed by atoms with Crippen LogP contribution in [0.25, 0.3) is 0 Å². The van der Waals surface area contributed by atoms with Crippen molar-refractivity contribution < 1.29 is 10.2 Å². The van der Waals surface area contributed by atoms with Crippen LogP contribution in [0.2, 0.25) is 0 Å². The van der Waals surface area contributed by atoms with Gasteiger partial charge in [0.15, 0.2) is 0 Å². The van der Waals surface area contributed by atoms with Gasteiger partial charge in [-0.2, -0.15) is 5.10 Å². The fourth-order valence-corrected chi connectivity index (χ4v) is 1.25. The normalized spacial score (nSPS) is 11.6. The Morgan fingerprint density at radius 3 is 3.00 bits per heavy atom. The summed E-state index contributed by atoms with van der Waals surface area (Å²) in [5.41, 5.74) is -0.114. The third kappa shape index (κ3) is 1.97. The molecule has 2 aromatic heterocycles. The molecule has 0 saturated heterocycles. The molecule has 0 bridgehead atoms. The first-order chi connectivity index (χ1) is 8.08. The predicted molar refractivity (Wildman–Crippen MR) is 53.5 cm³/mol. The van der Waals surface area contributed by atoms with Gasteiger partial charge < -0.3 is 5.32 Å². The van der Waals surface area contributed by atoms with Crippen molar-refractivity contribution in [2.24, 2.45) is 7.05 Å². The molecule has 0 fully saturated rings. The molecule has 0 aliphatic carbocycles. The summed E-state index contributed by atoms with van der Waals surface area (Å²) in [4.78, 5) is 7.56. The van der Waals surface area contributed by atoms with Crippen molar-refractivity contribution in [2.75, 3.05) is 5.32 Å². The highest BCUT2D eigenvalue weighted by Crippen LogP contribution is 2.27. The van der Waals surface area contributed by atoms with Crippen LogP contribution in [-0.2, 0) is 7.05 Å². The quantitative estimate of drug-likeness (QED) is 0.868. The molecule has 2 aromatic rings. The number of anilines is 2. The zero-order chi connectivity index (χ0) is 12.4. The Balaban J connectivity index is 2.30. The predicted octanol–water partition coefficient (Wildman–Crippen LogP) is 1.89. The van der Waals surface area contributed by atoms with Gasteiger partial charge in [-0.3, -0.25) is 4.68 Å². The molecule has 1 N–H and O–H groups in total. The molecule has 0 aromatic carbocycles. The van der Waals surface area contributed by atoms with Crippen molar-refractivity contribution >= 4 is 11.6 Å². The zero-order valence-electron chi connectivity index (χ0n) is 9.35.